The molecule has 1 heterocycles. The minimum Gasteiger partial charge on any atom is -0.264 e. The third-order valence-corrected chi connectivity index (χ3v) is 1.63. The molecular formula is C7H4BrClFN. The van der Waals surface area contributed by atoms with Crippen molar-refractivity contribution in [3.05, 3.63) is 33.8 Å². The molecule has 0 aromatic carbocycles. The van der Waals surface area contributed by atoms with Crippen LogP contribution in [0.5, 0.6) is 0 Å². The molecule has 0 bridgehead atoms. The van der Waals surface area contributed by atoms with Gasteiger partial charge in [0.2, 0.25) is 0 Å². The fourth-order valence-electron chi connectivity index (χ4n) is 0.613. The van der Waals surface area contributed by atoms with Crippen molar-refractivity contribution in [3.63, 3.8) is 0 Å². The van der Waals surface area contributed by atoms with Crippen LogP contribution in [0.15, 0.2) is 23.2 Å². The fraction of sp³-hybridized carbons (Fsp3) is 0. The summed E-state index contributed by atoms with van der Waals surface area (Å²) in [6.07, 6.45) is 4.30. The molecule has 0 saturated heterocycles. The summed E-state index contributed by atoms with van der Waals surface area (Å²) >= 11 is 8.35. The van der Waals surface area contributed by atoms with E-state index in [1.54, 1.807) is 12.3 Å². The highest BCUT2D eigenvalue weighted by Gasteiger charge is 1.96. The van der Waals surface area contributed by atoms with Gasteiger partial charge in [-0.05, 0) is 28.1 Å². The molecule has 0 aliphatic heterocycles. The van der Waals surface area contributed by atoms with Gasteiger partial charge in [-0.1, -0.05) is 11.6 Å². The summed E-state index contributed by atoms with van der Waals surface area (Å²) in [7, 11) is 0. The first-order valence-corrected chi connectivity index (χ1v) is 3.99. The van der Waals surface area contributed by atoms with Gasteiger partial charge >= 0.3 is 0 Å². The molecule has 0 fully saturated rings. The Balaban J connectivity index is 3.04. The van der Waals surface area contributed by atoms with Crippen LogP contribution < -0.4 is 0 Å². The number of pyridine rings is 1. The molecule has 0 radical (unpaired) electrons. The summed E-state index contributed by atoms with van der Waals surface area (Å²) in [5.74, 6) is 0. The van der Waals surface area contributed by atoms with Crippen LogP contribution in [0, 0.1) is 0 Å². The van der Waals surface area contributed by atoms with Crippen molar-refractivity contribution in [1.82, 2.24) is 4.98 Å². The number of hydrogen-bond acceptors (Lipinski definition) is 1. The van der Waals surface area contributed by atoms with Gasteiger partial charge in [-0.3, -0.25) is 4.98 Å². The van der Waals surface area contributed by atoms with Gasteiger partial charge in [0.1, 0.15) is 0 Å². The van der Waals surface area contributed by atoms with Gasteiger partial charge < -0.3 is 0 Å². The standard InChI is InChI=1S/C7H4BrClFN/c8-7(10)3-5-4-11-2-1-6(5)9/h1-4H. The predicted molar refractivity (Wildman–Crippen MR) is 47.3 cm³/mol. The molecule has 4 heteroatoms. The normalized spacial score (nSPS) is 11.7. The van der Waals surface area contributed by atoms with Crippen molar-refractivity contribution in [2.24, 2.45) is 0 Å². The molecule has 1 aromatic heterocycles. The smallest absolute Gasteiger partial charge is 0.166 e. The summed E-state index contributed by atoms with van der Waals surface area (Å²) in [6.45, 7) is 0. The lowest BCUT2D eigenvalue weighted by atomic mass is 10.3. The van der Waals surface area contributed by atoms with Crippen molar-refractivity contribution in [3.8, 4) is 0 Å². The maximum absolute atomic E-state index is 12.3. The zero-order valence-corrected chi connectivity index (χ0v) is 7.73. The van der Waals surface area contributed by atoms with Crippen molar-refractivity contribution in [1.29, 1.82) is 0 Å². The van der Waals surface area contributed by atoms with Crippen LogP contribution in [0.2, 0.25) is 5.02 Å². The molecule has 0 aliphatic carbocycles. The molecule has 1 aromatic rings. The van der Waals surface area contributed by atoms with E-state index in [0.29, 0.717) is 10.6 Å². The summed E-state index contributed by atoms with van der Waals surface area (Å²) < 4.78 is 11.8. The second kappa shape index (κ2) is 3.83. The molecule has 11 heavy (non-hydrogen) atoms. The van der Waals surface area contributed by atoms with Gasteiger partial charge in [0.25, 0.3) is 0 Å². The van der Waals surface area contributed by atoms with Crippen LogP contribution in [0.3, 0.4) is 0 Å². The Morgan fingerprint density at radius 3 is 3.00 bits per heavy atom. The number of halogens is 3. The Labute approximate surface area is 77.0 Å². The fourth-order valence-corrected chi connectivity index (χ4v) is 1.02. The second-order valence-electron chi connectivity index (χ2n) is 1.83. The van der Waals surface area contributed by atoms with E-state index in [-0.39, 0.29) is 0 Å². The van der Waals surface area contributed by atoms with Gasteiger partial charge in [-0.2, -0.15) is 4.39 Å². The maximum Gasteiger partial charge on any atom is 0.166 e. The monoisotopic (exact) mass is 235 g/mol. The van der Waals surface area contributed by atoms with E-state index < -0.39 is 4.74 Å². The highest BCUT2D eigenvalue weighted by molar-refractivity contribution is 9.11. The average molecular weight is 236 g/mol. The molecule has 0 aliphatic rings. The summed E-state index contributed by atoms with van der Waals surface area (Å²) in [5.41, 5.74) is 0.559. The summed E-state index contributed by atoms with van der Waals surface area (Å²) in [5, 5.41) is 0.481. The topological polar surface area (TPSA) is 12.9 Å². The van der Waals surface area contributed by atoms with Crippen LogP contribution in [0.25, 0.3) is 6.08 Å². The Bertz CT molecular complexity index is 284. The van der Waals surface area contributed by atoms with Gasteiger partial charge in [-0.25, -0.2) is 0 Å². The Morgan fingerprint density at radius 1 is 1.73 bits per heavy atom. The summed E-state index contributed by atoms with van der Waals surface area (Å²) in [6, 6.07) is 1.60. The number of rotatable bonds is 1. The van der Waals surface area contributed by atoms with Gasteiger partial charge in [0.05, 0.1) is 5.02 Å². The van der Waals surface area contributed by atoms with Gasteiger partial charge in [-0.15, -0.1) is 0 Å². The first-order chi connectivity index (χ1) is 5.20. The quantitative estimate of drug-likeness (QED) is 0.728. The van der Waals surface area contributed by atoms with E-state index in [0.717, 1.165) is 0 Å². The molecule has 0 atom stereocenters. The van der Waals surface area contributed by atoms with Crippen LogP contribution in [0.1, 0.15) is 5.56 Å². The van der Waals surface area contributed by atoms with Crippen LogP contribution >= 0.6 is 27.5 Å². The zero-order valence-electron chi connectivity index (χ0n) is 5.39. The first-order valence-electron chi connectivity index (χ1n) is 2.82. The number of nitrogens with zero attached hydrogens (tertiary/aromatic N) is 1. The number of hydrogen-bond donors (Lipinski definition) is 0. The molecule has 1 rings (SSSR count). The zero-order chi connectivity index (χ0) is 8.27. The average Bonchev–Trinajstić information content (AvgIpc) is 1.93. The third kappa shape index (κ3) is 2.60. The molecule has 58 valence electrons. The van der Waals surface area contributed by atoms with Crippen molar-refractivity contribution in [2.75, 3.05) is 0 Å². The Kier molecular flexibility index (Phi) is 3.02. The van der Waals surface area contributed by atoms with E-state index in [1.165, 1.54) is 12.3 Å². The Hall–Kier alpha value is -0.410. The molecular weight excluding hydrogens is 232 g/mol. The minimum absolute atomic E-state index is 0.465. The second-order valence-corrected chi connectivity index (χ2v) is 3.00. The van der Waals surface area contributed by atoms with E-state index in [2.05, 4.69) is 20.9 Å². The third-order valence-electron chi connectivity index (χ3n) is 1.06. The predicted octanol–water partition coefficient (Wildman–Crippen LogP) is 3.40. The highest BCUT2D eigenvalue weighted by Crippen LogP contribution is 2.19. The van der Waals surface area contributed by atoms with Crippen LogP contribution in [0.4, 0.5) is 4.39 Å². The SMILES string of the molecule is FC(Br)=Cc1cnccc1Cl. The highest BCUT2D eigenvalue weighted by atomic mass is 79.9. The minimum atomic E-state index is -0.465. The number of aromatic nitrogens is 1. The molecule has 0 spiro atoms. The lowest BCUT2D eigenvalue weighted by Gasteiger charge is -1.93. The van der Waals surface area contributed by atoms with Gasteiger partial charge in [0.15, 0.2) is 4.74 Å². The van der Waals surface area contributed by atoms with Crippen LogP contribution in [-0.4, -0.2) is 4.98 Å². The van der Waals surface area contributed by atoms with E-state index in [4.69, 9.17) is 11.6 Å². The molecule has 0 saturated carbocycles. The first kappa shape index (κ1) is 8.68. The lowest BCUT2D eigenvalue weighted by Crippen LogP contribution is -1.76. The molecule has 0 unspecified atom stereocenters. The molecule has 1 nitrogen and oxygen atoms in total. The Morgan fingerprint density at radius 2 is 2.45 bits per heavy atom. The van der Waals surface area contributed by atoms with E-state index >= 15 is 0 Å². The maximum atomic E-state index is 12.3. The molecule has 0 N–H and O–H groups in total. The summed E-state index contributed by atoms with van der Waals surface area (Å²) in [4.78, 5) is 3.78. The largest absolute Gasteiger partial charge is 0.264 e. The lowest BCUT2D eigenvalue weighted by molar-refractivity contribution is 0.711. The van der Waals surface area contributed by atoms with Crippen molar-refractivity contribution >= 4 is 33.6 Å². The van der Waals surface area contributed by atoms with Gasteiger partial charge in [0, 0.05) is 18.0 Å². The van der Waals surface area contributed by atoms with Crippen LogP contribution in [-0.2, 0) is 0 Å². The van der Waals surface area contributed by atoms with Crippen molar-refractivity contribution in [2.45, 2.75) is 0 Å². The van der Waals surface area contributed by atoms with E-state index in [9.17, 15) is 4.39 Å². The van der Waals surface area contributed by atoms with E-state index in [1.807, 2.05) is 0 Å². The van der Waals surface area contributed by atoms with Crippen molar-refractivity contribution < 1.29 is 4.39 Å². The molecule has 0 amide bonds.